The lowest BCUT2D eigenvalue weighted by atomic mass is 10.1. The third kappa shape index (κ3) is 3.91. The summed E-state index contributed by atoms with van der Waals surface area (Å²) in [6.07, 6.45) is 2.16. The maximum atomic E-state index is 12.5. The smallest absolute Gasteiger partial charge is 0.348 e. The van der Waals surface area contributed by atoms with Gasteiger partial charge in [0.05, 0.1) is 18.0 Å². The van der Waals surface area contributed by atoms with Crippen LogP contribution < -0.4 is 10.2 Å². The molecule has 2 heterocycles. The average molecular weight is 390 g/mol. The topological polar surface area (TPSA) is 75.7 Å². The maximum Gasteiger partial charge on any atom is 0.348 e. The zero-order valence-corrected chi connectivity index (χ0v) is 16.0. The molecule has 1 aromatic heterocycles. The molecular weight excluding hydrogens is 372 g/mol. The van der Waals surface area contributed by atoms with E-state index in [1.165, 1.54) is 7.11 Å². The quantitative estimate of drug-likeness (QED) is 0.627. The number of nitrogens with one attached hydrogen (secondary N) is 1. The van der Waals surface area contributed by atoms with Gasteiger partial charge in [0, 0.05) is 23.5 Å². The molecule has 1 N–H and O–H groups in total. The first-order valence-electron chi connectivity index (χ1n) is 7.95. The number of rotatable bonds is 5. The van der Waals surface area contributed by atoms with Gasteiger partial charge in [-0.25, -0.2) is 4.79 Å². The molecule has 1 aromatic carbocycles. The number of hydrogen-bond donors (Lipinski definition) is 1. The number of esters is 1. The lowest BCUT2D eigenvalue weighted by molar-refractivity contribution is -0.122. The van der Waals surface area contributed by atoms with E-state index < -0.39 is 11.9 Å². The summed E-state index contributed by atoms with van der Waals surface area (Å²) in [7, 11) is 1.31. The van der Waals surface area contributed by atoms with E-state index in [-0.39, 0.29) is 18.2 Å². The molecule has 0 radical (unpaired) electrons. The summed E-state index contributed by atoms with van der Waals surface area (Å²) in [5.74, 6) is -1.15. The number of benzene rings is 1. The molecule has 1 saturated heterocycles. The van der Waals surface area contributed by atoms with Gasteiger partial charge in [0.2, 0.25) is 11.8 Å². The first-order chi connectivity index (χ1) is 12.5. The number of ether oxygens (including phenoxy) is 1. The van der Waals surface area contributed by atoms with Gasteiger partial charge < -0.3 is 15.0 Å². The molecule has 0 spiro atoms. The zero-order chi connectivity index (χ0) is 18.7. The highest BCUT2D eigenvalue weighted by molar-refractivity contribution is 7.98. The van der Waals surface area contributed by atoms with E-state index in [0.29, 0.717) is 16.4 Å². The molecule has 1 aliphatic rings. The van der Waals surface area contributed by atoms with Crippen LogP contribution in [0.2, 0.25) is 0 Å². The molecule has 8 heteroatoms. The number of anilines is 2. The summed E-state index contributed by atoms with van der Waals surface area (Å²) in [5.41, 5.74) is 0.798. The van der Waals surface area contributed by atoms with E-state index in [4.69, 9.17) is 0 Å². The number of methoxy groups -OCH3 is 1. The molecule has 1 aliphatic heterocycles. The Kier molecular flexibility index (Phi) is 5.63. The molecule has 1 atom stereocenters. The molecule has 0 unspecified atom stereocenters. The standard InChI is InChI=1S/C18H18N2O4S2/c1-24-18(23)14-7-8-15(26-14)19-17(22)11-9-16(21)20(10-11)12-3-5-13(25-2)6-4-12/h3-8,11H,9-10H2,1-2H3,(H,19,22)/t11-/m0/s1. The lowest BCUT2D eigenvalue weighted by Crippen LogP contribution is -2.27. The van der Waals surface area contributed by atoms with Crippen LogP contribution in [0, 0.1) is 5.92 Å². The van der Waals surface area contributed by atoms with Gasteiger partial charge >= 0.3 is 5.97 Å². The van der Waals surface area contributed by atoms with Crippen molar-refractivity contribution in [3.05, 3.63) is 41.3 Å². The molecule has 6 nitrogen and oxygen atoms in total. The number of thioether (sulfide) groups is 1. The normalized spacial score (nSPS) is 16.6. The first-order valence-corrected chi connectivity index (χ1v) is 9.99. The van der Waals surface area contributed by atoms with Crippen LogP contribution in [0.5, 0.6) is 0 Å². The monoisotopic (exact) mass is 390 g/mol. The Morgan fingerprint density at radius 3 is 2.62 bits per heavy atom. The van der Waals surface area contributed by atoms with E-state index in [2.05, 4.69) is 10.1 Å². The summed E-state index contributed by atoms with van der Waals surface area (Å²) < 4.78 is 4.65. The highest BCUT2D eigenvalue weighted by Gasteiger charge is 2.35. The van der Waals surface area contributed by atoms with Crippen molar-refractivity contribution in [2.24, 2.45) is 5.92 Å². The number of hydrogen-bond acceptors (Lipinski definition) is 6. The third-order valence-corrected chi connectivity index (χ3v) is 5.84. The van der Waals surface area contributed by atoms with Crippen LogP contribution in [-0.4, -0.2) is 37.7 Å². The van der Waals surface area contributed by atoms with Gasteiger partial charge in [-0.1, -0.05) is 0 Å². The molecule has 2 amide bonds. The molecule has 2 aromatic rings. The predicted octanol–water partition coefficient (Wildman–Crippen LogP) is 3.25. The summed E-state index contributed by atoms with van der Waals surface area (Å²) in [6, 6.07) is 11.0. The maximum absolute atomic E-state index is 12.5. The Bertz CT molecular complexity index is 832. The van der Waals surface area contributed by atoms with Gasteiger partial charge in [0.15, 0.2) is 0 Å². The second kappa shape index (κ2) is 7.92. The molecule has 1 fully saturated rings. The Morgan fingerprint density at radius 2 is 1.96 bits per heavy atom. The third-order valence-electron chi connectivity index (χ3n) is 4.12. The molecule has 0 bridgehead atoms. The fraction of sp³-hybridized carbons (Fsp3) is 0.278. The summed E-state index contributed by atoms with van der Waals surface area (Å²) in [5, 5.41) is 3.34. The van der Waals surface area contributed by atoms with Crippen LogP contribution in [0.25, 0.3) is 0 Å². The zero-order valence-electron chi connectivity index (χ0n) is 14.4. The van der Waals surface area contributed by atoms with Gasteiger partial charge in [0.25, 0.3) is 0 Å². The highest BCUT2D eigenvalue weighted by atomic mass is 32.2. The number of nitrogens with zero attached hydrogens (tertiary/aromatic N) is 1. The van der Waals surface area contributed by atoms with Gasteiger partial charge in [0.1, 0.15) is 4.88 Å². The molecular formula is C18H18N2O4S2. The Hall–Kier alpha value is -2.32. The highest BCUT2D eigenvalue weighted by Crippen LogP contribution is 2.29. The van der Waals surface area contributed by atoms with E-state index in [9.17, 15) is 14.4 Å². The number of carbonyl (C=O) groups is 3. The number of amides is 2. The summed E-state index contributed by atoms with van der Waals surface area (Å²) in [6.45, 7) is 0.346. The van der Waals surface area contributed by atoms with Crippen molar-refractivity contribution in [3.8, 4) is 0 Å². The molecule has 0 saturated carbocycles. The van der Waals surface area contributed by atoms with Crippen molar-refractivity contribution in [3.63, 3.8) is 0 Å². The second-order valence-corrected chi connectivity index (χ2v) is 7.71. The largest absolute Gasteiger partial charge is 0.465 e. The second-order valence-electron chi connectivity index (χ2n) is 5.75. The molecule has 3 rings (SSSR count). The molecule has 136 valence electrons. The van der Waals surface area contributed by atoms with Crippen LogP contribution in [-0.2, 0) is 14.3 Å². The Labute approximate surface area is 159 Å². The van der Waals surface area contributed by atoms with Crippen molar-refractivity contribution in [2.45, 2.75) is 11.3 Å². The minimum atomic E-state index is -0.439. The van der Waals surface area contributed by atoms with Gasteiger partial charge in [-0.05, 0) is 42.7 Å². The Balaban J connectivity index is 1.64. The molecule has 26 heavy (non-hydrogen) atoms. The Morgan fingerprint density at radius 1 is 1.23 bits per heavy atom. The molecule has 0 aliphatic carbocycles. The average Bonchev–Trinajstić information content (AvgIpc) is 3.28. The van der Waals surface area contributed by atoms with Crippen molar-refractivity contribution >= 4 is 51.6 Å². The SMILES string of the molecule is COC(=O)c1ccc(NC(=O)[C@H]2CC(=O)N(c3ccc(SC)cc3)C2)s1. The minimum Gasteiger partial charge on any atom is -0.465 e. The van der Waals surface area contributed by atoms with Crippen molar-refractivity contribution < 1.29 is 19.1 Å². The lowest BCUT2D eigenvalue weighted by Gasteiger charge is -2.17. The van der Waals surface area contributed by atoms with E-state index >= 15 is 0 Å². The van der Waals surface area contributed by atoms with E-state index in [1.54, 1.807) is 28.8 Å². The van der Waals surface area contributed by atoms with E-state index in [0.717, 1.165) is 21.9 Å². The fourth-order valence-corrected chi connectivity index (χ4v) is 3.97. The van der Waals surface area contributed by atoms with Crippen molar-refractivity contribution in [2.75, 3.05) is 30.1 Å². The minimum absolute atomic E-state index is 0.0662. The summed E-state index contributed by atoms with van der Waals surface area (Å²) in [4.78, 5) is 39.5. The van der Waals surface area contributed by atoms with Crippen LogP contribution in [0.15, 0.2) is 41.3 Å². The number of carbonyl (C=O) groups excluding carboxylic acids is 3. The van der Waals surface area contributed by atoms with Crippen molar-refractivity contribution in [1.29, 1.82) is 0 Å². The summed E-state index contributed by atoms with van der Waals surface area (Å²) >= 11 is 2.78. The van der Waals surface area contributed by atoms with Gasteiger partial charge in [-0.2, -0.15) is 0 Å². The van der Waals surface area contributed by atoms with Crippen LogP contribution in [0.1, 0.15) is 16.1 Å². The van der Waals surface area contributed by atoms with Crippen LogP contribution in [0.3, 0.4) is 0 Å². The first kappa shape index (κ1) is 18.5. The van der Waals surface area contributed by atoms with Crippen LogP contribution in [0.4, 0.5) is 10.7 Å². The van der Waals surface area contributed by atoms with Gasteiger partial charge in [-0.3, -0.25) is 9.59 Å². The van der Waals surface area contributed by atoms with Crippen molar-refractivity contribution in [1.82, 2.24) is 0 Å². The predicted molar refractivity (Wildman–Crippen MR) is 103 cm³/mol. The van der Waals surface area contributed by atoms with E-state index in [1.807, 2.05) is 30.5 Å². The van der Waals surface area contributed by atoms with Crippen LogP contribution >= 0.6 is 23.1 Å². The fourth-order valence-electron chi connectivity index (χ4n) is 2.73. The number of thiophene rings is 1. The van der Waals surface area contributed by atoms with Gasteiger partial charge in [-0.15, -0.1) is 23.1 Å².